The molecule has 30 heavy (non-hydrogen) atoms. The summed E-state index contributed by atoms with van der Waals surface area (Å²) in [5.41, 5.74) is 9.98. The van der Waals surface area contributed by atoms with Gasteiger partial charge in [0.15, 0.2) is 11.0 Å². The molecule has 0 aliphatic carbocycles. The molecule has 0 aliphatic rings. The van der Waals surface area contributed by atoms with Crippen molar-refractivity contribution >= 4 is 11.0 Å². The van der Waals surface area contributed by atoms with Crippen molar-refractivity contribution in [1.29, 1.82) is 0 Å². The van der Waals surface area contributed by atoms with Gasteiger partial charge in [0.25, 0.3) is 5.82 Å². The van der Waals surface area contributed by atoms with Gasteiger partial charge in [0, 0.05) is 0 Å². The first kappa shape index (κ1) is 18.4. The molecule has 0 unspecified atom stereocenters. The van der Waals surface area contributed by atoms with Crippen LogP contribution in [0, 0.1) is 6.92 Å². The monoisotopic (exact) mass is 389 g/mol. The summed E-state index contributed by atoms with van der Waals surface area (Å²) in [5, 5.41) is 0. The number of imidazole rings is 1. The molecule has 1 aromatic heterocycles. The highest BCUT2D eigenvalue weighted by Gasteiger charge is 2.24. The Morgan fingerprint density at radius 1 is 0.633 bits per heavy atom. The van der Waals surface area contributed by atoms with Crippen LogP contribution in [0.2, 0.25) is 0 Å². The summed E-state index contributed by atoms with van der Waals surface area (Å²) in [4.78, 5) is 0. The number of aromatic nitrogens is 2. The lowest BCUT2D eigenvalue weighted by molar-refractivity contribution is -0.634. The average molecular weight is 390 g/mol. The second-order valence-electron chi connectivity index (χ2n) is 7.91. The molecule has 2 heteroatoms. The normalized spacial score (nSPS) is 11.2. The fourth-order valence-corrected chi connectivity index (χ4v) is 4.37. The van der Waals surface area contributed by atoms with Gasteiger partial charge in [0.05, 0.1) is 19.7 Å². The van der Waals surface area contributed by atoms with Crippen molar-refractivity contribution in [3.63, 3.8) is 0 Å². The standard InChI is InChI=1S/C28H25N2/c1-20-14-15-23(21-10-6-4-7-11-21)18-25(20)28-29(2)26-17-16-24(19-27(26)30(28)3)22-12-8-5-9-13-22/h4-19H,1-3H3/q+1. The number of rotatable bonds is 3. The molecule has 0 spiro atoms. The van der Waals surface area contributed by atoms with Crippen LogP contribution in [0.1, 0.15) is 5.56 Å². The van der Waals surface area contributed by atoms with Crippen molar-refractivity contribution in [3.8, 4) is 33.6 Å². The van der Waals surface area contributed by atoms with Crippen molar-refractivity contribution in [2.24, 2.45) is 14.1 Å². The second kappa shape index (κ2) is 7.31. The van der Waals surface area contributed by atoms with E-state index >= 15 is 0 Å². The van der Waals surface area contributed by atoms with E-state index < -0.39 is 0 Å². The Bertz CT molecular complexity index is 1350. The first-order valence-electron chi connectivity index (χ1n) is 10.3. The highest BCUT2D eigenvalue weighted by atomic mass is 15.1. The summed E-state index contributed by atoms with van der Waals surface area (Å²) in [5.74, 6) is 1.21. The quantitative estimate of drug-likeness (QED) is 0.320. The Kier molecular flexibility index (Phi) is 4.48. The maximum atomic E-state index is 2.32. The lowest BCUT2D eigenvalue weighted by Gasteiger charge is -2.08. The summed E-state index contributed by atoms with van der Waals surface area (Å²) < 4.78 is 4.63. The molecule has 5 aromatic rings. The van der Waals surface area contributed by atoms with E-state index in [0.717, 1.165) is 0 Å². The molecule has 0 fully saturated rings. The minimum absolute atomic E-state index is 1.21. The van der Waals surface area contributed by atoms with Gasteiger partial charge in [0.2, 0.25) is 0 Å². The van der Waals surface area contributed by atoms with Gasteiger partial charge >= 0.3 is 0 Å². The molecule has 5 rings (SSSR count). The van der Waals surface area contributed by atoms with E-state index in [1.807, 2.05) is 0 Å². The number of fused-ring (bicyclic) bond motifs is 1. The number of aryl methyl sites for hydroxylation is 3. The van der Waals surface area contributed by atoms with Gasteiger partial charge in [-0.1, -0.05) is 72.8 Å². The third kappa shape index (κ3) is 3.02. The van der Waals surface area contributed by atoms with E-state index in [1.165, 1.54) is 50.2 Å². The van der Waals surface area contributed by atoms with Crippen LogP contribution in [0.3, 0.4) is 0 Å². The zero-order chi connectivity index (χ0) is 20.7. The molecule has 4 aromatic carbocycles. The predicted molar refractivity (Wildman–Crippen MR) is 125 cm³/mol. The number of hydrogen-bond donors (Lipinski definition) is 0. The average Bonchev–Trinajstić information content (AvgIpc) is 3.05. The zero-order valence-corrected chi connectivity index (χ0v) is 17.6. The van der Waals surface area contributed by atoms with E-state index in [-0.39, 0.29) is 0 Å². The molecular formula is C28H25N2+. The van der Waals surface area contributed by atoms with Gasteiger partial charge in [-0.15, -0.1) is 0 Å². The molecule has 0 radical (unpaired) electrons. The Labute approximate surface area is 177 Å². The molecular weight excluding hydrogens is 364 g/mol. The van der Waals surface area contributed by atoms with Gasteiger partial charge in [-0.25, -0.2) is 9.13 Å². The Balaban J connectivity index is 1.70. The van der Waals surface area contributed by atoms with Crippen LogP contribution >= 0.6 is 0 Å². The first-order chi connectivity index (χ1) is 14.6. The van der Waals surface area contributed by atoms with E-state index in [4.69, 9.17) is 0 Å². The van der Waals surface area contributed by atoms with E-state index in [0.29, 0.717) is 0 Å². The summed E-state index contributed by atoms with van der Waals surface area (Å²) in [6.45, 7) is 2.19. The smallest absolute Gasteiger partial charge is 0.226 e. The van der Waals surface area contributed by atoms with Crippen molar-refractivity contribution in [1.82, 2.24) is 4.57 Å². The maximum Gasteiger partial charge on any atom is 0.289 e. The molecule has 0 saturated carbocycles. The summed E-state index contributed by atoms with van der Waals surface area (Å²) in [6, 6.07) is 34.7. The molecule has 0 aliphatic heterocycles. The number of hydrogen-bond acceptors (Lipinski definition) is 0. The fraction of sp³-hybridized carbons (Fsp3) is 0.107. The highest BCUT2D eigenvalue weighted by molar-refractivity contribution is 5.83. The minimum Gasteiger partial charge on any atom is -0.226 e. The van der Waals surface area contributed by atoms with Crippen LogP contribution in [0.4, 0.5) is 0 Å². The summed E-state index contributed by atoms with van der Waals surface area (Å²) in [7, 11) is 4.33. The van der Waals surface area contributed by atoms with Gasteiger partial charge in [-0.2, -0.15) is 0 Å². The lowest BCUT2D eigenvalue weighted by Crippen LogP contribution is -2.30. The molecule has 1 heterocycles. The van der Waals surface area contributed by atoms with Crippen molar-refractivity contribution < 1.29 is 4.57 Å². The van der Waals surface area contributed by atoms with Crippen molar-refractivity contribution in [2.75, 3.05) is 0 Å². The largest absolute Gasteiger partial charge is 0.289 e. The van der Waals surface area contributed by atoms with Gasteiger partial charge in [-0.3, -0.25) is 0 Å². The fourth-order valence-electron chi connectivity index (χ4n) is 4.37. The van der Waals surface area contributed by atoms with Crippen molar-refractivity contribution in [3.05, 3.63) is 103 Å². The summed E-state index contributed by atoms with van der Waals surface area (Å²) in [6.07, 6.45) is 0. The zero-order valence-electron chi connectivity index (χ0n) is 17.6. The third-order valence-corrected chi connectivity index (χ3v) is 6.03. The van der Waals surface area contributed by atoms with Crippen LogP contribution in [-0.4, -0.2) is 4.57 Å². The Hall–Kier alpha value is -3.65. The topological polar surface area (TPSA) is 8.81 Å². The molecule has 0 amide bonds. The molecule has 0 N–H and O–H groups in total. The van der Waals surface area contributed by atoms with E-state index in [1.54, 1.807) is 0 Å². The molecule has 0 bridgehead atoms. The Morgan fingerprint density at radius 2 is 1.20 bits per heavy atom. The van der Waals surface area contributed by atoms with Crippen LogP contribution < -0.4 is 4.57 Å². The molecule has 2 nitrogen and oxygen atoms in total. The van der Waals surface area contributed by atoms with Crippen LogP contribution in [0.15, 0.2) is 97.1 Å². The number of nitrogens with zero attached hydrogens (tertiary/aromatic N) is 2. The van der Waals surface area contributed by atoms with Gasteiger partial charge in [0.1, 0.15) is 0 Å². The van der Waals surface area contributed by atoms with Crippen molar-refractivity contribution in [2.45, 2.75) is 6.92 Å². The summed E-state index contributed by atoms with van der Waals surface area (Å²) >= 11 is 0. The third-order valence-electron chi connectivity index (χ3n) is 6.03. The van der Waals surface area contributed by atoms with Crippen LogP contribution in [0.5, 0.6) is 0 Å². The SMILES string of the molecule is Cc1ccc(-c2ccccc2)cc1-c1n(C)c2cc(-c3ccccc3)ccc2[n+]1C. The Morgan fingerprint density at radius 3 is 1.83 bits per heavy atom. The van der Waals surface area contributed by atoms with Crippen LogP contribution in [0.25, 0.3) is 44.7 Å². The predicted octanol–water partition coefficient (Wildman–Crippen LogP) is 6.31. The first-order valence-corrected chi connectivity index (χ1v) is 10.3. The van der Waals surface area contributed by atoms with Crippen LogP contribution in [-0.2, 0) is 14.1 Å². The highest BCUT2D eigenvalue weighted by Crippen LogP contribution is 2.31. The van der Waals surface area contributed by atoms with E-state index in [2.05, 4.69) is 127 Å². The van der Waals surface area contributed by atoms with E-state index in [9.17, 15) is 0 Å². The molecule has 0 saturated heterocycles. The van der Waals surface area contributed by atoms with Gasteiger partial charge in [-0.05, 0) is 59.0 Å². The van der Waals surface area contributed by atoms with Gasteiger partial charge < -0.3 is 0 Å². The molecule has 0 atom stereocenters. The maximum absolute atomic E-state index is 2.32. The molecule has 146 valence electrons. The minimum atomic E-state index is 1.21. The second-order valence-corrected chi connectivity index (χ2v) is 7.91. The number of benzene rings is 4. The lowest BCUT2D eigenvalue weighted by atomic mass is 9.99.